The van der Waals surface area contributed by atoms with Gasteiger partial charge in [-0.05, 0) is 46.0 Å². The summed E-state index contributed by atoms with van der Waals surface area (Å²) >= 11 is 0. The van der Waals surface area contributed by atoms with Gasteiger partial charge in [0.05, 0.1) is 22.2 Å². The summed E-state index contributed by atoms with van der Waals surface area (Å²) in [4.78, 5) is 20.1. The maximum Gasteiger partial charge on any atom is 0 e. The predicted octanol–water partition coefficient (Wildman–Crippen LogP) is 5.29. The van der Waals surface area contributed by atoms with Crippen molar-refractivity contribution in [3.63, 3.8) is 0 Å². The summed E-state index contributed by atoms with van der Waals surface area (Å²) in [7, 11) is -3.41. The SMILES string of the molecule is C[Si](C)(C)C1=C2CC3c4[nH]c5ccccc5c4CCN3CC2=C([Si](C)(C)C)C1=O.[C-]#[O+].[C-]#[O+].[C-]#[O+].[Fe]. The topological polar surface area (TPSA) is 95.8 Å². The molecule has 0 bridgehead atoms. The molecular formula is C27H32FeN2O4Si2. The van der Waals surface area contributed by atoms with E-state index in [1.807, 2.05) is 0 Å². The molecule has 1 aliphatic carbocycles. The molecule has 9 heteroatoms. The van der Waals surface area contributed by atoms with Gasteiger partial charge in [0.15, 0.2) is 5.78 Å². The number of rotatable bonds is 2. The fourth-order valence-corrected chi connectivity index (χ4v) is 9.90. The summed E-state index contributed by atoms with van der Waals surface area (Å²) < 4.78 is 22.5. The number of nitrogens with zero attached hydrogens (tertiary/aromatic N) is 1. The molecule has 6 nitrogen and oxygen atoms in total. The average molecular weight is 561 g/mol. The number of benzene rings is 1. The molecule has 1 saturated heterocycles. The summed E-state index contributed by atoms with van der Waals surface area (Å²) in [5.41, 5.74) is 7.00. The van der Waals surface area contributed by atoms with Gasteiger partial charge >= 0.3 is 33.9 Å². The molecule has 0 radical (unpaired) electrons. The Labute approximate surface area is 226 Å². The molecule has 0 saturated carbocycles. The molecule has 5 rings (SSSR count). The first-order chi connectivity index (χ1) is 16.6. The van der Waals surface area contributed by atoms with E-state index in [2.05, 4.69) is 93.4 Å². The molecule has 1 aromatic carbocycles. The van der Waals surface area contributed by atoms with Crippen molar-refractivity contribution in [2.24, 2.45) is 0 Å². The number of hydrogen-bond acceptors (Lipinski definition) is 2. The van der Waals surface area contributed by atoms with Crippen LogP contribution in [0.4, 0.5) is 0 Å². The third-order valence-corrected chi connectivity index (χ3v) is 11.0. The minimum atomic E-state index is -1.71. The Kier molecular flexibility index (Phi) is 11.2. The van der Waals surface area contributed by atoms with Gasteiger partial charge in [-0.1, -0.05) is 57.5 Å². The molecule has 1 unspecified atom stereocenters. The molecule has 1 fully saturated rings. The number of hydrogen-bond donors (Lipinski definition) is 1. The molecule has 0 spiro atoms. The summed E-state index contributed by atoms with van der Waals surface area (Å²) in [5.74, 6) is 0.421. The van der Waals surface area contributed by atoms with Gasteiger partial charge in [0, 0.05) is 46.8 Å². The number of nitrogens with one attached hydrogen (secondary N) is 1. The van der Waals surface area contributed by atoms with Crippen molar-refractivity contribution in [1.82, 2.24) is 9.88 Å². The number of fused-ring (bicyclic) bond motifs is 6. The zero-order chi connectivity index (χ0) is 26.7. The zero-order valence-electron chi connectivity index (χ0n) is 21.6. The van der Waals surface area contributed by atoms with E-state index >= 15 is 0 Å². The summed E-state index contributed by atoms with van der Waals surface area (Å²) in [6, 6.07) is 9.09. The minimum Gasteiger partial charge on any atom is 0 e. The third-order valence-electron chi connectivity index (χ3n) is 6.95. The van der Waals surface area contributed by atoms with E-state index in [4.69, 9.17) is 14.0 Å². The number of H-pyrrole nitrogens is 1. The minimum absolute atomic E-state index is 0. The number of piperidine rings is 1. The Hall–Kier alpha value is -1.96. The molecule has 1 N–H and O–H groups in total. The smallest absolute Gasteiger partial charge is 0 e. The Bertz CT molecular complexity index is 1240. The van der Waals surface area contributed by atoms with E-state index in [0.29, 0.717) is 11.8 Å². The molecular weight excluding hydrogens is 528 g/mol. The van der Waals surface area contributed by atoms with E-state index in [0.717, 1.165) is 25.9 Å². The van der Waals surface area contributed by atoms with Crippen LogP contribution in [0, 0.1) is 20.0 Å². The van der Waals surface area contributed by atoms with Crippen LogP contribution in [0.15, 0.2) is 45.8 Å². The summed E-state index contributed by atoms with van der Waals surface area (Å²) in [6.07, 6.45) is 2.09. The van der Waals surface area contributed by atoms with E-state index in [1.54, 1.807) is 0 Å². The van der Waals surface area contributed by atoms with Gasteiger partial charge < -0.3 is 4.98 Å². The summed E-state index contributed by atoms with van der Waals surface area (Å²) in [5, 5.41) is 3.84. The van der Waals surface area contributed by atoms with Crippen molar-refractivity contribution in [3.05, 3.63) is 77.0 Å². The van der Waals surface area contributed by atoms with Gasteiger partial charge in [-0.25, -0.2) is 0 Å². The number of para-hydroxylation sites is 1. The van der Waals surface area contributed by atoms with Crippen LogP contribution in [0.3, 0.4) is 0 Å². The number of carbonyl (C=O) groups is 1. The first kappa shape index (κ1) is 32.1. The zero-order valence-corrected chi connectivity index (χ0v) is 24.8. The standard InChI is InChI=1S/C24H32N2OSi2.3CO.Fe/c1-28(2,3)23-17-13-20-21-16(15-9-7-8-10-19(15)25-21)11-12-26(20)14-18(17)24(22(23)27)29(4,5)6;3*1-2;/h7-10,20,25H,11-14H2,1-6H3;;;;. The first-order valence-corrected chi connectivity index (χ1v) is 18.5. The largest absolute Gasteiger partial charge is 0 e. The van der Waals surface area contributed by atoms with Crippen molar-refractivity contribution in [3.8, 4) is 0 Å². The van der Waals surface area contributed by atoms with Crippen LogP contribution in [-0.2, 0) is 42.2 Å². The number of allylic oxidation sites excluding steroid dienone is 2. The molecule has 190 valence electrons. The number of carbonyl (C=O) groups excluding carboxylic acids is 1. The molecule has 3 heterocycles. The Balaban J connectivity index is 0.000000864. The normalized spacial score (nSPS) is 18.7. The molecule has 1 atom stereocenters. The van der Waals surface area contributed by atoms with Crippen molar-refractivity contribution < 1.29 is 35.8 Å². The Morgan fingerprint density at radius 3 is 1.97 bits per heavy atom. The van der Waals surface area contributed by atoms with E-state index < -0.39 is 16.1 Å². The van der Waals surface area contributed by atoms with Gasteiger partial charge in [0.2, 0.25) is 0 Å². The monoisotopic (exact) mass is 560 g/mol. The maximum absolute atomic E-state index is 13.7. The fraction of sp³-hybridized carbons (Fsp3) is 0.407. The second kappa shape index (κ2) is 12.5. The van der Waals surface area contributed by atoms with Crippen molar-refractivity contribution >= 4 is 32.8 Å². The third kappa shape index (κ3) is 5.63. The van der Waals surface area contributed by atoms with Crippen LogP contribution in [-0.4, -0.2) is 44.9 Å². The molecule has 0 amide bonds. The average Bonchev–Trinajstić information content (AvgIpc) is 3.35. The van der Waals surface area contributed by atoms with Crippen LogP contribution in [0.1, 0.15) is 23.7 Å². The van der Waals surface area contributed by atoms with Gasteiger partial charge in [-0.2, -0.15) is 0 Å². The fourth-order valence-electron chi connectivity index (χ4n) is 5.87. The quantitative estimate of drug-likeness (QED) is 0.307. The van der Waals surface area contributed by atoms with Gasteiger partial charge in [-0.3, -0.25) is 9.69 Å². The van der Waals surface area contributed by atoms with Gasteiger partial charge in [0.1, 0.15) is 0 Å². The summed E-state index contributed by atoms with van der Waals surface area (Å²) in [6.45, 7) is 29.6. The Morgan fingerprint density at radius 1 is 0.889 bits per heavy atom. The predicted molar refractivity (Wildman–Crippen MR) is 138 cm³/mol. The Morgan fingerprint density at radius 2 is 1.42 bits per heavy atom. The van der Waals surface area contributed by atoms with Crippen molar-refractivity contribution in [2.45, 2.75) is 58.2 Å². The van der Waals surface area contributed by atoms with Crippen LogP contribution in [0.25, 0.3) is 10.9 Å². The molecule has 3 aliphatic rings. The number of aromatic amines is 1. The molecule has 2 aromatic rings. The van der Waals surface area contributed by atoms with E-state index in [-0.39, 0.29) is 17.1 Å². The van der Waals surface area contributed by atoms with Gasteiger partial charge in [0.25, 0.3) is 0 Å². The molecule has 2 aliphatic heterocycles. The maximum atomic E-state index is 13.7. The molecule has 1 aromatic heterocycles. The van der Waals surface area contributed by atoms with Crippen molar-refractivity contribution in [1.29, 1.82) is 0 Å². The van der Waals surface area contributed by atoms with Crippen LogP contribution < -0.4 is 0 Å². The van der Waals surface area contributed by atoms with Crippen LogP contribution in [0.5, 0.6) is 0 Å². The molecule has 36 heavy (non-hydrogen) atoms. The van der Waals surface area contributed by atoms with Crippen LogP contribution >= 0.6 is 0 Å². The van der Waals surface area contributed by atoms with E-state index in [1.165, 1.54) is 43.7 Å². The second-order valence-corrected chi connectivity index (χ2v) is 21.0. The van der Waals surface area contributed by atoms with Crippen LogP contribution in [0.2, 0.25) is 39.3 Å². The first-order valence-electron chi connectivity index (χ1n) is 11.5. The second-order valence-electron chi connectivity index (χ2n) is 11.0. The van der Waals surface area contributed by atoms with Crippen molar-refractivity contribution in [2.75, 3.05) is 13.1 Å². The number of aromatic nitrogens is 1. The van der Waals surface area contributed by atoms with Gasteiger partial charge in [-0.15, -0.1) is 0 Å². The number of ketones is 1. The van der Waals surface area contributed by atoms with E-state index in [9.17, 15) is 4.79 Å². The number of Topliss-reactive ketones (excluding diaryl/α,β-unsaturated/α-hetero) is 1.